The molecule has 0 spiro atoms. The molecule has 0 atom stereocenters. The second-order valence-electron chi connectivity index (χ2n) is 5.48. The van der Waals surface area contributed by atoms with Gasteiger partial charge in [-0.2, -0.15) is 5.10 Å². The molecule has 0 bridgehead atoms. The van der Waals surface area contributed by atoms with Gasteiger partial charge in [0.05, 0.1) is 16.3 Å². The summed E-state index contributed by atoms with van der Waals surface area (Å²) in [5.41, 5.74) is 8.69. The highest BCUT2D eigenvalue weighted by molar-refractivity contribution is 14.1. The first-order valence-electron chi connectivity index (χ1n) is 5.94. The predicted octanol–water partition coefficient (Wildman–Crippen LogP) is 3.42. The van der Waals surface area contributed by atoms with Gasteiger partial charge >= 0.3 is 0 Å². The van der Waals surface area contributed by atoms with Crippen LogP contribution in [0.1, 0.15) is 31.9 Å². The lowest BCUT2D eigenvalue weighted by Crippen LogP contribution is -2.11. The molecule has 0 saturated carbocycles. The van der Waals surface area contributed by atoms with Gasteiger partial charge in [-0.1, -0.05) is 45.0 Å². The van der Waals surface area contributed by atoms with Crippen LogP contribution in [0.5, 0.6) is 0 Å². The number of nitrogens with zero attached hydrogens (tertiary/aromatic N) is 2. The molecule has 2 aromatic rings. The Bertz CT molecular complexity index is 535. The Kier molecular flexibility index (Phi) is 3.66. The Morgan fingerprint density at radius 2 is 1.83 bits per heavy atom. The van der Waals surface area contributed by atoms with E-state index in [1.165, 1.54) is 11.1 Å². The van der Waals surface area contributed by atoms with Gasteiger partial charge in [-0.05, 0) is 39.1 Å². The molecule has 1 aromatic carbocycles. The van der Waals surface area contributed by atoms with Crippen LogP contribution in [0.15, 0.2) is 30.5 Å². The Hall–Kier alpha value is -1.04. The highest BCUT2D eigenvalue weighted by Gasteiger charge is 2.13. The summed E-state index contributed by atoms with van der Waals surface area (Å²) in [4.78, 5) is 0. The number of anilines is 1. The summed E-state index contributed by atoms with van der Waals surface area (Å²) in [5, 5.41) is 4.27. The maximum absolute atomic E-state index is 5.94. The predicted molar refractivity (Wildman–Crippen MR) is 83.6 cm³/mol. The minimum Gasteiger partial charge on any atom is -0.383 e. The molecular weight excluding hydrogens is 337 g/mol. The summed E-state index contributed by atoms with van der Waals surface area (Å²) in [5.74, 6) is 0.732. The molecule has 0 unspecified atom stereocenters. The van der Waals surface area contributed by atoms with Crippen molar-refractivity contribution in [1.29, 1.82) is 0 Å². The van der Waals surface area contributed by atoms with Gasteiger partial charge in [0.15, 0.2) is 0 Å². The molecule has 0 aliphatic rings. The molecule has 1 heterocycles. The Morgan fingerprint density at radius 1 is 1.22 bits per heavy atom. The van der Waals surface area contributed by atoms with Crippen molar-refractivity contribution in [2.75, 3.05) is 5.73 Å². The first kappa shape index (κ1) is 13.4. The van der Waals surface area contributed by atoms with Crippen molar-refractivity contribution in [2.45, 2.75) is 32.7 Å². The maximum Gasteiger partial charge on any atom is 0.135 e. The second-order valence-corrected chi connectivity index (χ2v) is 6.64. The van der Waals surface area contributed by atoms with Crippen molar-refractivity contribution in [2.24, 2.45) is 0 Å². The zero-order valence-electron chi connectivity index (χ0n) is 10.9. The van der Waals surface area contributed by atoms with Gasteiger partial charge in [0.1, 0.15) is 5.82 Å². The monoisotopic (exact) mass is 355 g/mol. The minimum atomic E-state index is 0.193. The molecule has 0 aliphatic carbocycles. The van der Waals surface area contributed by atoms with E-state index < -0.39 is 0 Å². The first-order chi connectivity index (χ1) is 8.38. The van der Waals surface area contributed by atoms with Crippen LogP contribution in [-0.4, -0.2) is 9.78 Å². The molecule has 4 heteroatoms. The van der Waals surface area contributed by atoms with Gasteiger partial charge in [0, 0.05) is 0 Å². The van der Waals surface area contributed by atoms with Gasteiger partial charge in [0.25, 0.3) is 0 Å². The second kappa shape index (κ2) is 4.91. The fraction of sp³-hybridized carbons (Fsp3) is 0.357. The van der Waals surface area contributed by atoms with Crippen molar-refractivity contribution < 1.29 is 0 Å². The zero-order chi connectivity index (χ0) is 13.3. The number of nitrogens with two attached hydrogens (primary N) is 1. The third-order valence-electron chi connectivity index (χ3n) is 2.99. The lowest BCUT2D eigenvalue weighted by molar-refractivity contribution is 0.589. The molecule has 2 rings (SSSR count). The molecular formula is C14H18IN3. The number of benzene rings is 1. The first-order valence-corrected chi connectivity index (χ1v) is 7.02. The molecule has 1 aromatic heterocycles. The highest BCUT2D eigenvalue weighted by Crippen LogP contribution is 2.22. The molecule has 18 heavy (non-hydrogen) atoms. The van der Waals surface area contributed by atoms with E-state index in [0.717, 1.165) is 15.9 Å². The van der Waals surface area contributed by atoms with Crippen LogP contribution in [0.4, 0.5) is 5.82 Å². The number of rotatable bonds is 2. The van der Waals surface area contributed by atoms with Gasteiger partial charge in [0.2, 0.25) is 0 Å². The van der Waals surface area contributed by atoms with Gasteiger partial charge in [-0.3, -0.25) is 0 Å². The average Bonchev–Trinajstić information content (AvgIpc) is 2.61. The molecule has 0 radical (unpaired) electrons. The largest absolute Gasteiger partial charge is 0.383 e. The minimum absolute atomic E-state index is 0.193. The van der Waals surface area contributed by atoms with Crippen molar-refractivity contribution in [1.82, 2.24) is 9.78 Å². The summed E-state index contributed by atoms with van der Waals surface area (Å²) in [6.45, 7) is 7.38. The molecule has 3 nitrogen and oxygen atoms in total. The quantitative estimate of drug-likeness (QED) is 0.839. The lowest BCUT2D eigenvalue weighted by atomic mass is 9.87. The van der Waals surface area contributed by atoms with Crippen molar-refractivity contribution in [3.05, 3.63) is 45.2 Å². The molecule has 96 valence electrons. The van der Waals surface area contributed by atoms with Crippen molar-refractivity contribution in [3.63, 3.8) is 0 Å². The van der Waals surface area contributed by atoms with Crippen molar-refractivity contribution in [3.8, 4) is 0 Å². The number of hydrogen-bond acceptors (Lipinski definition) is 2. The lowest BCUT2D eigenvalue weighted by Gasteiger charge is -2.19. The summed E-state index contributed by atoms with van der Waals surface area (Å²) in [7, 11) is 0. The van der Waals surface area contributed by atoms with Crippen LogP contribution in [0, 0.1) is 3.57 Å². The van der Waals surface area contributed by atoms with E-state index in [0.29, 0.717) is 0 Å². The Balaban J connectivity index is 2.19. The van der Waals surface area contributed by atoms with E-state index in [1.807, 2.05) is 4.68 Å². The topological polar surface area (TPSA) is 43.8 Å². The van der Waals surface area contributed by atoms with Crippen LogP contribution in [-0.2, 0) is 12.0 Å². The summed E-state index contributed by atoms with van der Waals surface area (Å²) in [6, 6.07) is 8.66. The molecule has 2 N–H and O–H groups in total. The zero-order valence-corrected chi connectivity index (χ0v) is 13.1. The SMILES string of the molecule is CC(C)(C)c1ccc(Cn2ncc(I)c2N)cc1. The normalized spacial score (nSPS) is 11.8. The Labute approximate surface area is 122 Å². The summed E-state index contributed by atoms with van der Waals surface area (Å²) < 4.78 is 2.83. The fourth-order valence-corrected chi connectivity index (χ4v) is 2.18. The van der Waals surface area contributed by atoms with Crippen LogP contribution in [0.3, 0.4) is 0 Å². The van der Waals surface area contributed by atoms with E-state index in [-0.39, 0.29) is 5.41 Å². The molecule has 0 fully saturated rings. The van der Waals surface area contributed by atoms with Crippen LogP contribution < -0.4 is 5.73 Å². The molecule has 0 aliphatic heterocycles. The van der Waals surface area contributed by atoms with Gasteiger partial charge in [-0.25, -0.2) is 4.68 Å². The van der Waals surface area contributed by atoms with E-state index in [9.17, 15) is 0 Å². The molecule has 0 amide bonds. The summed E-state index contributed by atoms with van der Waals surface area (Å²) in [6.07, 6.45) is 1.79. The van der Waals surface area contributed by atoms with E-state index in [2.05, 4.69) is 72.7 Å². The summed E-state index contributed by atoms with van der Waals surface area (Å²) >= 11 is 2.20. The fourth-order valence-electron chi connectivity index (χ4n) is 1.78. The van der Waals surface area contributed by atoms with Crippen LogP contribution in [0.25, 0.3) is 0 Å². The average molecular weight is 355 g/mol. The number of hydrogen-bond donors (Lipinski definition) is 1. The highest BCUT2D eigenvalue weighted by atomic mass is 127. The van der Waals surface area contributed by atoms with Gasteiger partial charge < -0.3 is 5.73 Å². The maximum atomic E-state index is 5.94. The number of aromatic nitrogens is 2. The van der Waals surface area contributed by atoms with Crippen LogP contribution >= 0.6 is 22.6 Å². The number of nitrogen functional groups attached to an aromatic ring is 1. The smallest absolute Gasteiger partial charge is 0.135 e. The van der Waals surface area contributed by atoms with E-state index >= 15 is 0 Å². The standard InChI is InChI=1S/C14H18IN3/c1-14(2,3)11-6-4-10(5-7-11)9-18-13(16)12(15)8-17-18/h4-8H,9,16H2,1-3H3. The molecule has 0 saturated heterocycles. The van der Waals surface area contributed by atoms with E-state index in [4.69, 9.17) is 5.73 Å². The van der Waals surface area contributed by atoms with Gasteiger partial charge in [-0.15, -0.1) is 0 Å². The van der Waals surface area contributed by atoms with Crippen LogP contribution in [0.2, 0.25) is 0 Å². The van der Waals surface area contributed by atoms with Crippen molar-refractivity contribution >= 4 is 28.4 Å². The third-order valence-corrected chi connectivity index (χ3v) is 3.82. The van der Waals surface area contributed by atoms with E-state index in [1.54, 1.807) is 6.20 Å². The third kappa shape index (κ3) is 2.85. The Morgan fingerprint density at radius 3 is 2.28 bits per heavy atom. The number of halogens is 1.